The molecule has 0 aliphatic rings. The van der Waals surface area contributed by atoms with Crippen LogP contribution in [0.25, 0.3) is 10.6 Å². The smallest absolute Gasteiger partial charge is 0.151 e. The monoisotopic (exact) mass is 223 g/mol. The van der Waals surface area contributed by atoms with Gasteiger partial charge in [0, 0.05) is 5.69 Å². The highest BCUT2D eigenvalue weighted by molar-refractivity contribution is 7.14. The molecule has 6 heteroatoms. The summed E-state index contributed by atoms with van der Waals surface area (Å²) >= 11 is 1.59. The molecule has 0 spiro atoms. The first-order valence-corrected chi connectivity index (χ1v) is 5.55. The van der Waals surface area contributed by atoms with E-state index in [0.717, 1.165) is 21.3 Å². The molecule has 2 aromatic rings. The van der Waals surface area contributed by atoms with Crippen LogP contribution >= 0.6 is 11.3 Å². The van der Waals surface area contributed by atoms with E-state index in [1.165, 1.54) is 0 Å². The maximum absolute atomic E-state index is 4.16. The largest absolute Gasteiger partial charge is 0.311 e. The van der Waals surface area contributed by atoms with Gasteiger partial charge in [-0.05, 0) is 20.9 Å². The molecule has 15 heavy (non-hydrogen) atoms. The second-order valence-electron chi connectivity index (χ2n) is 3.36. The quantitative estimate of drug-likeness (QED) is 0.828. The van der Waals surface area contributed by atoms with Gasteiger partial charge in [0.15, 0.2) is 5.01 Å². The van der Waals surface area contributed by atoms with E-state index < -0.39 is 0 Å². The first-order chi connectivity index (χ1) is 7.22. The molecule has 1 unspecified atom stereocenters. The molecular formula is C9H13N5S. The third-order valence-corrected chi connectivity index (χ3v) is 3.44. The van der Waals surface area contributed by atoms with E-state index in [-0.39, 0.29) is 6.04 Å². The highest BCUT2D eigenvalue weighted by Crippen LogP contribution is 2.27. The van der Waals surface area contributed by atoms with Crippen LogP contribution in [0.1, 0.15) is 23.7 Å². The average Bonchev–Trinajstić information content (AvgIpc) is 2.84. The number of rotatable bonds is 3. The predicted octanol–water partition coefficient (Wildman–Crippen LogP) is 1.52. The van der Waals surface area contributed by atoms with Gasteiger partial charge in [0.1, 0.15) is 5.01 Å². The summed E-state index contributed by atoms with van der Waals surface area (Å²) < 4.78 is 0. The molecule has 0 saturated heterocycles. The number of aromatic amines is 1. The zero-order valence-corrected chi connectivity index (χ0v) is 9.72. The van der Waals surface area contributed by atoms with Crippen molar-refractivity contribution in [3.63, 3.8) is 0 Å². The summed E-state index contributed by atoms with van der Waals surface area (Å²) in [5.74, 6) is 0. The minimum Gasteiger partial charge on any atom is -0.311 e. The minimum absolute atomic E-state index is 0.239. The van der Waals surface area contributed by atoms with Gasteiger partial charge in [-0.25, -0.2) is 0 Å². The maximum atomic E-state index is 4.16. The van der Waals surface area contributed by atoms with Gasteiger partial charge < -0.3 is 5.32 Å². The van der Waals surface area contributed by atoms with Crippen molar-refractivity contribution < 1.29 is 0 Å². The van der Waals surface area contributed by atoms with Gasteiger partial charge >= 0.3 is 0 Å². The van der Waals surface area contributed by atoms with E-state index in [1.54, 1.807) is 17.5 Å². The van der Waals surface area contributed by atoms with Crippen molar-refractivity contribution in [1.29, 1.82) is 0 Å². The van der Waals surface area contributed by atoms with Gasteiger partial charge in [-0.2, -0.15) is 5.10 Å². The van der Waals surface area contributed by atoms with Crippen LogP contribution in [0.4, 0.5) is 0 Å². The fraction of sp³-hybridized carbons (Fsp3) is 0.444. The number of nitrogens with one attached hydrogen (secondary N) is 2. The van der Waals surface area contributed by atoms with Crippen LogP contribution in [0.3, 0.4) is 0 Å². The molecule has 1 atom stereocenters. The van der Waals surface area contributed by atoms with Crippen molar-refractivity contribution in [1.82, 2.24) is 25.7 Å². The van der Waals surface area contributed by atoms with E-state index in [4.69, 9.17) is 0 Å². The maximum Gasteiger partial charge on any atom is 0.151 e. The van der Waals surface area contributed by atoms with Crippen molar-refractivity contribution in [2.24, 2.45) is 0 Å². The van der Waals surface area contributed by atoms with Crippen LogP contribution in [0, 0.1) is 6.92 Å². The Bertz CT molecular complexity index is 447. The molecule has 0 saturated carbocycles. The second kappa shape index (κ2) is 4.08. The molecule has 80 valence electrons. The number of nitrogens with zero attached hydrogens (tertiary/aromatic N) is 3. The Hall–Kier alpha value is -1.27. The molecule has 5 nitrogen and oxygen atoms in total. The third-order valence-electron chi connectivity index (χ3n) is 2.30. The Labute approximate surface area is 91.9 Å². The number of aryl methyl sites for hydroxylation is 1. The van der Waals surface area contributed by atoms with Gasteiger partial charge in [-0.3, -0.25) is 5.10 Å². The fourth-order valence-corrected chi connectivity index (χ4v) is 2.18. The predicted molar refractivity (Wildman–Crippen MR) is 59.7 cm³/mol. The number of aromatic nitrogens is 4. The van der Waals surface area contributed by atoms with Gasteiger partial charge in [-0.1, -0.05) is 11.3 Å². The van der Waals surface area contributed by atoms with E-state index in [1.807, 2.05) is 14.0 Å². The zero-order valence-electron chi connectivity index (χ0n) is 8.90. The molecule has 2 aromatic heterocycles. The van der Waals surface area contributed by atoms with Crippen LogP contribution < -0.4 is 5.32 Å². The highest BCUT2D eigenvalue weighted by atomic mass is 32.1. The van der Waals surface area contributed by atoms with E-state index >= 15 is 0 Å². The van der Waals surface area contributed by atoms with Gasteiger partial charge in [-0.15, -0.1) is 10.2 Å². The van der Waals surface area contributed by atoms with Crippen LogP contribution in [-0.2, 0) is 0 Å². The summed E-state index contributed by atoms with van der Waals surface area (Å²) in [5.41, 5.74) is 2.05. The van der Waals surface area contributed by atoms with Gasteiger partial charge in [0.25, 0.3) is 0 Å². The molecule has 2 N–H and O–H groups in total. The molecular weight excluding hydrogens is 210 g/mol. The molecule has 0 fully saturated rings. The van der Waals surface area contributed by atoms with E-state index in [2.05, 4.69) is 32.6 Å². The van der Waals surface area contributed by atoms with Gasteiger partial charge in [0.2, 0.25) is 0 Å². The Kier molecular flexibility index (Phi) is 2.79. The van der Waals surface area contributed by atoms with Crippen molar-refractivity contribution >= 4 is 11.3 Å². The summed E-state index contributed by atoms with van der Waals surface area (Å²) in [6.07, 6.45) is 1.78. The third kappa shape index (κ3) is 1.91. The van der Waals surface area contributed by atoms with Crippen molar-refractivity contribution in [3.8, 4) is 10.6 Å². The number of H-pyrrole nitrogens is 1. The second-order valence-corrected chi connectivity index (χ2v) is 4.37. The number of hydrogen-bond donors (Lipinski definition) is 2. The first-order valence-electron chi connectivity index (χ1n) is 4.73. The summed E-state index contributed by atoms with van der Waals surface area (Å²) in [7, 11) is 1.91. The molecule has 0 bridgehead atoms. The van der Waals surface area contributed by atoms with E-state index in [9.17, 15) is 0 Å². The van der Waals surface area contributed by atoms with E-state index in [0.29, 0.717) is 0 Å². The Morgan fingerprint density at radius 1 is 1.47 bits per heavy atom. The lowest BCUT2D eigenvalue weighted by molar-refractivity contribution is 0.640. The standard InChI is InChI=1S/C9H13N5S/c1-5-7(4-11-12-5)9-14-13-8(15-9)6(2)10-3/h4,6,10H,1-3H3,(H,11,12). The molecule has 0 aromatic carbocycles. The molecule has 0 amide bonds. The average molecular weight is 223 g/mol. The highest BCUT2D eigenvalue weighted by Gasteiger charge is 2.13. The van der Waals surface area contributed by atoms with Crippen LogP contribution in [0.15, 0.2) is 6.20 Å². The zero-order chi connectivity index (χ0) is 10.8. The SMILES string of the molecule is CNC(C)c1nnc(-c2cn[nH]c2C)s1. The first kappa shape index (κ1) is 10.3. The summed E-state index contributed by atoms with van der Waals surface area (Å²) in [6, 6.07) is 0.239. The van der Waals surface area contributed by atoms with Crippen molar-refractivity contribution in [3.05, 3.63) is 16.9 Å². The molecule has 2 heterocycles. The normalized spacial score (nSPS) is 13.0. The minimum atomic E-state index is 0.239. The topological polar surface area (TPSA) is 66.5 Å². The number of hydrogen-bond acceptors (Lipinski definition) is 5. The molecule has 0 aliphatic heterocycles. The van der Waals surface area contributed by atoms with Crippen molar-refractivity contribution in [2.75, 3.05) is 7.05 Å². The summed E-state index contributed by atoms with van der Waals surface area (Å²) in [4.78, 5) is 0. The lowest BCUT2D eigenvalue weighted by Crippen LogP contribution is -2.11. The Balaban J connectivity index is 2.32. The fourth-order valence-electron chi connectivity index (χ4n) is 1.21. The Morgan fingerprint density at radius 2 is 2.27 bits per heavy atom. The molecule has 0 aliphatic carbocycles. The summed E-state index contributed by atoms with van der Waals surface area (Å²) in [6.45, 7) is 4.04. The molecule has 0 radical (unpaired) electrons. The van der Waals surface area contributed by atoms with Crippen LogP contribution in [0.5, 0.6) is 0 Å². The lowest BCUT2D eigenvalue weighted by atomic mass is 10.3. The molecule has 2 rings (SSSR count). The van der Waals surface area contributed by atoms with Crippen LogP contribution in [0.2, 0.25) is 0 Å². The lowest BCUT2D eigenvalue weighted by Gasteiger charge is -2.02. The summed E-state index contributed by atoms with van der Waals surface area (Å²) in [5, 5.41) is 20.2. The van der Waals surface area contributed by atoms with Gasteiger partial charge in [0.05, 0.1) is 17.8 Å². The van der Waals surface area contributed by atoms with Crippen molar-refractivity contribution in [2.45, 2.75) is 19.9 Å². The Morgan fingerprint density at radius 3 is 2.87 bits per heavy atom. The van der Waals surface area contributed by atoms with Crippen LogP contribution in [-0.4, -0.2) is 27.4 Å².